The van der Waals surface area contributed by atoms with Gasteiger partial charge in [-0.25, -0.2) is 0 Å². The van der Waals surface area contributed by atoms with Crippen LogP contribution in [-0.4, -0.2) is 64.0 Å². The maximum Gasteiger partial charge on any atom is 0.166 e. The summed E-state index contributed by atoms with van der Waals surface area (Å²) in [6.07, 6.45) is -2.11. The minimum atomic E-state index is -1.18. The molecular weight excluding hydrogens is 268 g/mol. The molecule has 6 nitrogen and oxygen atoms in total. The smallest absolute Gasteiger partial charge is 0.166 e. The molecule has 5 N–H and O–H groups in total. The van der Waals surface area contributed by atoms with Crippen LogP contribution in [0.25, 0.3) is 0 Å². The van der Waals surface area contributed by atoms with Crippen LogP contribution in [0, 0.1) is 0 Å². The number of hydrogen-bond acceptors (Lipinski definition) is 5. The highest BCUT2D eigenvalue weighted by molar-refractivity contribution is 7.80. The van der Waals surface area contributed by atoms with Gasteiger partial charge in [0.25, 0.3) is 0 Å². The zero-order chi connectivity index (χ0) is 14.4. The third-order valence-electron chi connectivity index (χ3n) is 3.01. The molecule has 19 heavy (non-hydrogen) atoms. The van der Waals surface area contributed by atoms with E-state index in [1.54, 1.807) is 0 Å². The first-order valence-corrected chi connectivity index (χ1v) is 6.73. The second kappa shape index (κ2) is 7.76. The molecule has 0 bridgehead atoms. The Morgan fingerprint density at radius 3 is 2.79 bits per heavy atom. The van der Waals surface area contributed by atoms with E-state index in [4.69, 9.17) is 17.0 Å². The number of aliphatic hydroxyl groups excluding tert-OH is 3. The van der Waals surface area contributed by atoms with Gasteiger partial charge < -0.3 is 30.7 Å². The maximum absolute atomic E-state index is 10.0. The van der Waals surface area contributed by atoms with Gasteiger partial charge in [0.1, 0.15) is 18.3 Å². The Labute approximate surface area is 118 Å². The highest BCUT2D eigenvalue weighted by atomic mass is 32.1. The van der Waals surface area contributed by atoms with Crippen molar-refractivity contribution >= 4 is 17.3 Å². The molecule has 0 aromatic rings. The number of nitrogens with one attached hydrogen (secondary N) is 2. The topological polar surface area (TPSA) is 94.0 Å². The zero-order valence-corrected chi connectivity index (χ0v) is 11.8. The van der Waals surface area contributed by atoms with Crippen LogP contribution in [0.3, 0.4) is 0 Å². The normalized spacial score (nSPS) is 32.4. The van der Waals surface area contributed by atoms with Gasteiger partial charge in [0.15, 0.2) is 5.11 Å². The van der Waals surface area contributed by atoms with E-state index in [0.29, 0.717) is 18.1 Å². The quantitative estimate of drug-likeness (QED) is 0.324. The van der Waals surface area contributed by atoms with Gasteiger partial charge in [0.2, 0.25) is 0 Å². The Morgan fingerprint density at radius 1 is 1.53 bits per heavy atom. The van der Waals surface area contributed by atoms with E-state index in [0.717, 1.165) is 0 Å². The van der Waals surface area contributed by atoms with Gasteiger partial charge in [0.05, 0.1) is 18.8 Å². The summed E-state index contributed by atoms with van der Waals surface area (Å²) in [6, 6.07) is -0.506. The molecule has 0 radical (unpaired) electrons. The summed E-state index contributed by atoms with van der Waals surface area (Å²) < 4.78 is 5.41. The average molecular weight is 290 g/mol. The molecule has 1 fully saturated rings. The number of aliphatic hydroxyl groups is 3. The molecule has 1 aliphatic rings. The van der Waals surface area contributed by atoms with E-state index < -0.39 is 30.5 Å². The monoisotopic (exact) mass is 290 g/mol. The first kappa shape index (κ1) is 16.3. The Morgan fingerprint density at radius 2 is 2.21 bits per heavy atom. The summed E-state index contributed by atoms with van der Waals surface area (Å²) in [5, 5.41) is 36.0. The molecule has 1 rings (SSSR count). The lowest BCUT2D eigenvalue weighted by atomic mass is 9.93. The minimum absolute atomic E-state index is 0.155. The minimum Gasteiger partial charge on any atom is -0.390 e. The highest BCUT2D eigenvalue weighted by Gasteiger charge is 2.41. The lowest BCUT2D eigenvalue weighted by Crippen LogP contribution is -2.62. The van der Waals surface area contributed by atoms with Gasteiger partial charge >= 0.3 is 0 Å². The van der Waals surface area contributed by atoms with Crippen molar-refractivity contribution in [2.75, 3.05) is 13.2 Å². The fourth-order valence-corrected chi connectivity index (χ4v) is 2.29. The summed E-state index contributed by atoms with van der Waals surface area (Å²) in [4.78, 5) is 0. The van der Waals surface area contributed by atoms with Crippen molar-refractivity contribution in [3.63, 3.8) is 0 Å². The van der Waals surface area contributed by atoms with Crippen molar-refractivity contribution in [3.05, 3.63) is 12.7 Å². The molecule has 0 aliphatic carbocycles. The molecule has 110 valence electrons. The molecule has 1 aliphatic heterocycles. The van der Waals surface area contributed by atoms with Gasteiger partial charge in [-0.15, -0.1) is 6.58 Å². The largest absolute Gasteiger partial charge is 0.390 e. The molecule has 0 amide bonds. The Kier molecular flexibility index (Phi) is 6.67. The van der Waals surface area contributed by atoms with E-state index in [9.17, 15) is 15.3 Å². The lowest BCUT2D eigenvalue weighted by molar-refractivity contribution is -0.179. The van der Waals surface area contributed by atoms with Gasteiger partial charge in [-0.1, -0.05) is 6.08 Å². The van der Waals surface area contributed by atoms with Gasteiger partial charge in [-0.05, 0) is 25.6 Å². The predicted octanol–water partition coefficient (Wildman–Crippen LogP) is -1.10. The molecule has 0 aromatic heterocycles. The molecule has 7 heteroatoms. The van der Waals surface area contributed by atoms with Crippen molar-refractivity contribution < 1.29 is 20.1 Å². The van der Waals surface area contributed by atoms with Crippen molar-refractivity contribution in [2.24, 2.45) is 0 Å². The summed E-state index contributed by atoms with van der Waals surface area (Å²) >= 11 is 5.02. The van der Waals surface area contributed by atoms with Gasteiger partial charge in [-0.2, -0.15) is 0 Å². The van der Waals surface area contributed by atoms with E-state index in [2.05, 4.69) is 17.2 Å². The standard InChI is InChI=1S/C12H22N2O4S/c1-3-5-8(15)11-10(17)9(16)7(6-18-11)14-12(19)13-4-2/h3,7-11,15-17H,1,4-6H2,2H3,(H2,13,14,19). The molecular formula is C12H22N2O4S. The van der Waals surface area contributed by atoms with Crippen molar-refractivity contribution in [3.8, 4) is 0 Å². The second-order valence-electron chi connectivity index (χ2n) is 4.48. The zero-order valence-electron chi connectivity index (χ0n) is 11.0. The Hall–Kier alpha value is -0.730. The lowest BCUT2D eigenvalue weighted by Gasteiger charge is -2.40. The highest BCUT2D eigenvalue weighted by Crippen LogP contribution is 2.20. The predicted molar refractivity (Wildman–Crippen MR) is 75.8 cm³/mol. The van der Waals surface area contributed by atoms with Crippen LogP contribution in [0.4, 0.5) is 0 Å². The fraction of sp³-hybridized carbons (Fsp3) is 0.750. The average Bonchev–Trinajstić information content (AvgIpc) is 2.35. The van der Waals surface area contributed by atoms with Crippen LogP contribution < -0.4 is 10.6 Å². The van der Waals surface area contributed by atoms with Crippen molar-refractivity contribution in [1.29, 1.82) is 0 Å². The molecule has 0 aromatic carbocycles. The number of rotatable bonds is 5. The maximum atomic E-state index is 10.0. The van der Waals surface area contributed by atoms with Gasteiger partial charge in [-0.3, -0.25) is 0 Å². The molecule has 1 saturated heterocycles. The second-order valence-corrected chi connectivity index (χ2v) is 4.89. The SMILES string of the molecule is C=CCC(O)C1OCC(NC(=S)NCC)C(O)C1O. The van der Waals surface area contributed by atoms with Crippen molar-refractivity contribution in [2.45, 2.75) is 43.8 Å². The fourth-order valence-electron chi connectivity index (χ4n) is 1.99. The van der Waals surface area contributed by atoms with Crippen LogP contribution in [-0.2, 0) is 4.74 Å². The van der Waals surface area contributed by atoms with E-state index in [-0.39, 0.29) is 6.61 Å². The number of thiocarbonyl (C=S) groups is 1. The van der Waals surface area contributed by atoms with Crippen LogP contribution in [0.5, 0.6) is 0 Å². The molecule has 5 unspecified atom stereocenters. The molecule has 5 atom stereocenters. The number of ether oxygens (including phenoxy) is 1. The number of hydrogen-bond donors (Lipinski definition) is 5. The van der Waals surface area contributed by atoms with Gasteiger partial charge in [0, 0.05) is 6.54 Å². The van der Waals surface area contributed by atoms with E-state index >= 15 is 0 Å². The van der Waals surface area contributed by atoms with Crippen LogP contribution in [0.1, 0.15) is 13.3 Å². The summed E-state index contributed by atoms with van der Waals surface area (Å²) in [6.45, 7) is 6.24. The molecule has 0 saturated carbocycles. The van der Waals surface area contributed by atoms with Crippen LogP contribution in [0.2, 0.25) is 0 Å². The third kappa shape index (κ3) is 4.39. The molecule has 1 heterocycles. The first-order valence-electron chi connectivity index (χ1n) is 6.32. The van der Waals surface area contributed by atoms with Crippen LogP contribution >= 0.6 is 12.2 Å². The summed E-state index contributed by atoms with van der Waals surface area (Å²) in [5.74, 6) is 0. The summed E-state index contributed by atoms with van der Waals surface area (Å²) in [7, 11) is 0. The first-order chi connectivity index (χ1) is 9.01. The Balaban J connectivity index is 2.56. The Bertz CT molecular complexity index is 316. The van der Waals surface area contributed by atoms with E-state index in [1.807, 2.05) is 6.92 Å². The summed E-state index contributed by atoms with van der Waals surface area (Å²) in [5.41, 5.74) is 0. The van der Waals surface area contributed by atoms with Crippen LogP contribution in [0.15, 0.2) is 12.7 Å². The molecule has 0 spiro atoms. The van der Waals surface area contributed by atoms with Crippen molar-refractivity contribution in [1.82, 2.24) is 10.6 Å². The third-order valence-corrected chi connectivity index (χ3v) is 3.27. The van der Waals surface area contributed by atoms with E-state index in [1.165, 1.54) is 6.08 Å².